The smallest absolute Gasteiger partial charge is 0.332 e. The third-order valence-corrected chi connectivity index (χ3v) is 4.94. The molecule has 4 amide bonds. The number of urea groups is 1. The number of imide groups is 1. The number of fused-ring (bicyclic) bond motifs is 1. The summed E-state index contributed by atoms with van der Waals surface area (Å²) in [6.45, 7) is 2.73. The van der Waals surface area contributed by atoms with E-state index in [-0.39, 0.29) is 34.8 Å². The molecule has 1 atom stereocenters. The molecule has 0 saturated carbocycles. The number of amides is 4. The third kappa shape index (κ3) is 3.21. The Balaban J connectivity index is 1.56. The predicted molar refractivity (Wildman–Crippen MR) is 103 cm³/mol. The first-order valence-electron chi connectivity index (χ1n) is 8.72. The van der Waals surface area contributed by atoms with E-state index in [1.165, 1.54) is 17.0 Å². The van der Waals surface area contributed by atoms with Crippen molar-refractivity contribution in [1.82, 2.24) is 9.88 Å². The molecular weight excluding hydrogens is 384 g/mol. The molecule has 144 valence electrons. The van der Waals surface area contributed by atoms with Crippen LogP contribution >= 0.6 is 11.6 Å². The summed E-state index contributed by atoms with van der Waals surface area (Å²) in [5.41, 5.74) is 1.72. The molecule has 0 radical (unpaired) electrons. The molecule has 0 spiro atoms. The zero-order valence-electron chi connectivity index (χ0n) is 15.0. The van der Waals surface area contributed by atoms with Crippen LogP contribution in [0.5, 0.6) is 0 Å². The van der Waals surface area contributed by atoms with Crippen molar-refractivity contribution in [2.75, 3.05) is 30.0 Å². The minimum Gasteiger partial charge on any atom is -0.377 e. The van der Waals surface area contributed by atoms with E-state index in [0.29, 0.717) is 18.8 Å². The van der Waals surface area contributed by atoms with Crippen molar-refractivity contribution < 1.29 is 19.1 Å². The average molecular weight is 401 g/mol. The maximum atomic E-state index is 12.6. The second kappa shape index (κ2) is 7.21. The van der Waals surface area contributed by atoms with Gasteiger partial charge in [-0.25, -0.2) is 14.7 Å². The van der Waals surface area contributed by atoms with Crippen molar-refractivity contribution in [2.45, 2.75) is 13.0 Å². The van der Waals surface area contributed by atoms with Gasteiger partial charge in [0.05, 0.1) is 23.9 Å². The summed E-state index contributed by atoms with van der Waals surface area (Å²) in [4.78, 5) is 44.3. The van der Waals surface area contributed by atoms with Gasteiger partial charge >= 0.3 is 6.03 Å². The van der Waals surface area contributed by atoms with E-state index in [1.807, 2.05) is 0 Å². The van der Waals surface area contributed by atoms with Crippen LogP contribution in [0.4, 0.5) is 16.2 Å². The fraction of sp³-hybridized carbons (Fsp3) is 0.263. The molecule has 0 bridgehead atoms. The van der Waals surface area contributed by atoms with Crippen LogP contribution in [0.3, 0.4) is 0 Å². The van der Waals surface area contributed by atoms with Crippen molar-refractivity contribution >= 4 is 40.8 Å². The highest BCUT2D eigenvalue weighted by Gasteiger charge is 2.47. The highest BCUT2D eigenvalue weighted by atomic mass is 35.5. The Kier molecular flexibility index (Phi) is 4.74. The zero-order chi connectivity index (χ0) is 19.8. The Morgan fingerprint density at radius 3 is 2.82 bits per heavy atom. The van der Waals surface area contributed by atoms with Crippen LogP contribution in [0.25, 0.3) is 0 Å². The average Bonchev–Trinajstić information content (AvgIpc) is 2.93. The first-order valence-corrected chi connectivity index (χ1v) is 9.10. The summed E-state index contributed by atoms with van der Waals surface area (Å²) in [5.74, 6) is -0.748. The fourth-order valence-corrected chi connectivity index (χ4v) is 3.53. The van der Waals surface area contributed by atoms with Crippen molar-refractivity contribution in [2.24, 2.45) is 0 Å². The van der Waals surface area contributed by atoms with Crippen molar-refractivity contribution in [1.29, 1.82) is 0 Å². The normalized spacial score (nSPS) is 19.0. The van der Waals surface area contributed by atoms with Gasteiger partial charge in [-0.3, -0.25) is 9.59 Å². The molecule has 2 aliphatic heterocycles. The van der Waals surface area contributed by atoms with E-state index < -0.39 is 12.1 Å². The molecule has 9 heteroatoms. The number of ether oxygens (including phenoxy) is 1. The van der Waals surface area contributed by atoms with Crippen LogP contribution in [0.2, 0.25) is 5.02 Å². The molecule has 8 nitrogen and oxygen atoms in total. The third-order valence-electron chi connectivity index (χ3n) is 4.64. The summed E-state index contributed by atoms with van der Waals surface area (Å²) in [7, 11) is 0. The molecule has 2 saturated heterocycles. The number of aromatic nitrogens is 1. The van der Waals surface area contributed by atoms with Crippen molar-refractivity contribution in [3.05, 3.63) is 52.8 Å². The van der Waals surface area contributed by atoms with Crippen LogP contribution < -0.4 is 10.2 Å². The molecule has 28 heavy (non-hydrogen) atoms. The van der Waals surface area contributed by atoms with Gasteiger partial charge in [0.1, 0.15) is 11.7 Å². The van der Waals surface area contributed by atoms with E-state index >= 15 is 0 Å². The zero-order valence-corrected chi connectivity index (χ0v) is 15.8. The molecule has 3 heterocycles. The molecular formula is C19H17ClN4O4. The van der Waals surface area contributed by atoms with E-state index in [2.05, 4.69) is 10.3 Å². The minimum absolute atomic E-state index is 0.177. The number of pyridine rings is 1. The fourth-order valence-electron chi connectivity index (χ4n) is 3.26. The number of hydrogen-bond donors (Lipinski definition) is 1. The minimum atomic E-state index is -0.621. The molecule has 2 fully saturated rings. The van der Waals surface area contributed by atoms with Gasteiger partial charge in [-0.05, 0) is 37.3 Å². The first kappa shape index (κ1) is 18.4. The van der Waals surface area contributed by atoms with Crippen LogP contribution in [-0.2, 0) is 9.53 Å². The topological polar surface area (TPSA) is 91.8 Å². The molecule has 2 aromatic rings. The number of halogens is 1. The maximum absolute atomic E-state index is 12.6. The summed E-state index contributed by atoms with van der Waals surface area (Å²) in [6, 6.07) is 8.74. The van der Waals surface area contributed by atoms with Gasteiger partial charge < -0.3 is 15.0 Å². The number of rotatable bonds is 3. The number of nitrogens with zero attached hydrogens (tertiary/aromatic N) is 3. The molecule has 1 aromatic heterocycles. The Morgan fingerprint density at radius 1 is 1.29 bits per heavy atom. The van der Waals surface area contributed by atoms with Crippen LogP contribution in [0.15, 0.2) is 36.4 Å². The molecule has 0 aliphatic carbocycles. The van der Waals surface area contributed by atoms with E-state index in [1.54, 1.807) is 31.2 Å². The van der Waals surface area contributed by atoms with E-state index in [4.69, 9.17) is 16.3 Å². The quantitative estimate of drug-likeness (QED) is 0.799. The lowest BCUT2D eigenvalue weighted by Crippen LogP contribution is -2.45. The summed E-state index contributed by atoms with van der Waals surface area (Å²) >= 11 is 6.33. The number of carbonyl (C=O) groups excluding carboxylic acids is 3. The van der Waals surface area contributed by atoms with Gasteiger partial charge in [-0.2, -0.15) is 0 Å². The largest absolute Gasteiger partial charge is 0.377 e. The second-order valence-electron chi connectivity index (χ2n) is 6.52. The van der Waals surface area contributed by atoms with Crippen LogP contribution in [-0.4, -0.2) is 53.5 Å². The molecule has 1 aromatic carbocycles. The van der Waals surface area contributed by atoms with Crippen molar-refractivity contribution in [3.63, 3.8) is 0 Å². The lowest BCUT2D eigenvalue weighted by Gasteiger charge is -2.26. The highest BCUT2D eigenvalue weighted by molar-refractivity contribution is 6.36. The monoisotopic (exact) mass is 400 g/mol. The number of morpholine rings is 1. The van der Waals surface area contributed by atoms with Gasteiger partial charge in [0.15, 0.2) is 0 Å². The van der Waals surface area contributed by atoms with Gasteiger partial charge in [0.2, 0.25) is 0 Å². The predicted octanol–water partition coefficient (Wildman–Crippen LogP) is 2.46. The number of anilines is 2. The number of carbonyl (C=O) groups is 3. The van der Waals surface area contributed by atoms with Crippen LogP contribution in [0.1, 0.15) is 16.2 Å². The standard InChI is InChI=1S/C19H17ClN4O4/c1-11-3-2-4-14(21-11)17(25)22-12-5-6-15(13(20)9-12)24-18(26)16-10-28-8-7-23(16)19(24)27/h2-6,9,16H,7-8,10H2,1H3,(H,22,25). The van der Waals surface area contributed by atoms with E-state index in [9.17, 15) is 14.4 Å². The Morgan fingerprint density at radius 2 is 2.11 bits per heavy atom. The molecule has 2 aliphatic rings. The SMILES string of the molecule is Cc1cccc(C(=O)Nc2ccc(N3C(=O)C4COCCN4C3=O)c(Cl)c2)n1. The summed E-state index contributed by atoms with van der Waals surface area (Å²) < 4.78 is 5.30. The number of benzene rings is 1. The number of aryl methyl sites for hydroxylation is 1. The van der Waals surface area contributed by atoms with Gasteiger partial charge in [0.25, 0.3) is 11.8 Å². The Hall–Kier alpha value is -2.97. The molecule has 1 unspecified atom stereocenters. The van der Waals surface area contributed by atoms with Gasteiger partial charge in [-0.15, -0.1) is 0 Å². The number of nitrogens with one attached hydrogen (secondary N) is 1. The summed E-state index contributed by atoms with van der Waals surface area (Å²) in [6.07, 6.45) is 0. The Labute approximate surface area is 166 Å². The molecule has 4 rings (SSSR count). The lowest BCUT2D eigenvalue weighted by atomic mass is 10.2. The second-order valence-corrected chi connectivity index (χ2v) is 6.93. The van der Waals surface area contributed by atoms with Gasteiger partial charge in [0, 0.05) is 17.9 Å². The van der Waals surface area contributed by atoms with Gasteiger partial charge in [-0.1, -0.05) is 17.7 Å². The van der Waals surface area contributed by atoms with Crippen molar-refractivity contribution in [3.8, 4) is 0 Å². The lowest BCUT2D eigenvalue weighted by molar-refractivity contribution is -0.123. The highest BCUT2D eigenvalue weighted by Crippen LogP contribution is 2.34. The Bertz CT molecular complexity index is 956. The van der Waals surface area contributed by atoms with E-state index in [0.717, 1.165) is 10.6 Å². The van der Waals surface area contributed by atoms with Crippen LogP contribution in [0, 0.1) is 6.92 Å². The summed E-state index contributed by atoms with van der Waals surface area (Å²) in [5, 5.41) is 2.89. The molecule has 1 N–H and O–H groups in total. The first-order chi connectivity index (χ1) is 13.5. The number of hydrogen-bond acceptors (Lipinski definition) is 5. The maximum Gasteiger partial charge on any atom is 0.332 e.